The lowest BCUT2D eigenvalue weighted by molar-refractivity contribution is -0.164. The predicted molar refractivity (Wildman–Crippen MR) is 59.5 cm³/mol. The van der Waals surface area contributed by atoms with Crippen LogP contribution in [0.3, 0.4) is 0 Å². The van der Waals surface area contributed by atoms with E-state index in [-0.39, 0.29) is 11.6 Å². The molecule has 2 saturated carbocycles. The molecule has 0 heterocycles. The lowest BCUT2D eigenvalue weighted by Gasteiger charge is -2.41. The van der Waals surface area contributed by atoms with Gasteiger partial charge in [0, 0.05) is 6.92 Å². The smallest absolute Gasteiger partial charge is 0.303 e. The molecule has 0 saturated heterocycles. The number of carbonyl (C=O) groups is 1. The summed E-state index contributed by atoms with van der Waals surface area (Å²) in [6.07, 6.45) is 8.60. The van der Waals surface area contributed by atoms with Crippen LogP contribution in [-0.4, -0.2) is 11.6 Å². The Hall–Kier alpha value is -0.530. The highest BCUT2D eigenvalue weighted by Gasteiger charge is 2.43. The fraction of sp³-hybridized carbons (Fsp3) is 0.923. The van der Waals surface area contributed by atoms with Crippen molar-refractivity contribution in [2.45, 2.75) is 64.4 Å². The van der Waals surface area contributed by atoms with E-state index < -0.39 is 0 Å². The fourth-order valence-corrected chi connectivity index (χ4v) is 3.58. The van der Waals surface area contributed by atoms with Crippen molar-refractivity contribution in [1.29, 1.82) is 0 Å². The maximum Gasteiger partial charge on any atom is 0.303 e. The third-order valence-corrected chi connectivity index (χ3v) is 4.43. The highest BCUT2D eigenvalue weighted by Crippen LogP contribution is 2.48. The third-order valence-electron chi connectivity index (χ3n) is 4.43. The molecule has 0 aromatic carbocycles. The average Bonchev–Trinajstić information content (AvgIpc) is 2.63. The minimum atomic E-state index is -0.114. The number of fused-ring (bicyclic) bond motifs is 1. The van der Waals surface area contributed by atoms with Crippen LogP contribution in [0.5, 0.6) is 0 Å². The molecule has 0 aliphatic heterocycles. The van der Waals surface area contributed by atoms with Crippen LogP contribution in [0.1, 0.15) is 58.8 Å². The molecule has 0 radical (unpaired) electrons. The molecule has 0 spiro atoms. The Labute approximate surface area is 92.4 Å². The summed E-state index contributed by atoms with van der Waals surface area (Å²) in [5, 5.41) is 0. The number of rotatable bonds is 2. The van der Waals surface area contributed by atoms with Crippen molar-refractivity contribution in [2.75, 3.05) is 0 Å². The minimum absolute atomic E-state index is 0.103. The standard InChI is InChI=1S/C13H22O2/c1-3-13(15-10(2)14)8-7-11-5-4-6-12(11)9-13/h11-12H,3-9H2,1-2H3. The van der Waals surface area contributed by atoms with Gasteiger partial charge >= 0.3 is 5.97 Å². The van der Waals surface area contributed by atoms with Crippen LogP contribution < -0.4 is 0 Å². The zero-order valence-electron chi connectivity index (χ0n) is 9.92. The molecular weight excluding hydrogens is 188 g/mol. The van der Waals surface area contributed by atoms with Gasteiger partial charge < -0.3 is 4.74 Å². The summed E-state index contributed by atoms with van der Waals surface area (Å²) in [6, 6.07) is 0. The van der Waals surface area contributed by atoms with Crippen LogP contribution in [0.25, 0.3) is 0 Å². The van der Waals surface area contributed by atoms with E-state index in [2.05, 4.69) is 6.92 Å². The Balaban J connectivity index is 2.04. The van der Waals surface area contributed by atoms with Gasteiger partial charge in [-0.3, -0.25) is 4.79 Å². The van der Waals surface area contributed by atoms with Crippen molar-refractivity contribution in [2.24, 2.45) is 11.8 Å². The average molecular weight is 210 g/mol. The molecule has 2 heteroatoms. The maximum atomic E-state index is 11.1. The fourth-order valence-electron chi connectivity index (χ4n) is 3.58. The van der Waals surface area contributed by atoms with Gasteiger partial charge in [0.25, 0.3) is 0 Å². The first-order chi connectivity index (χ1) is 7.15. The molecule has 0 amide bonds. The Bertz CT molecular complexity index is 249. The lowest BCUT2D eigenvalue weighted by Crippen LogP contribution is -2.41. The van der Waals surface area contributed by atoms with Crippen molar-refractivity contribution in [1.82, 2.24) is 0 Å². The third kappa shape index (κ3) is 2.19. The molecule has 2 rings (SSSR count). The van der Waals surface area contributed by atoms with E-state index in [9.17, 15) is 4.79 Å². The summed E-state index contributed by atoms with van der Waals surface area (Å²) in [6.45, 7) is 3.69. The van der Waals surface area contributed by atoms with Crippen molar-refractivity contribution < 1.29 is 9.53 Å². The SMILES string of the molecule is CCC1(OC(C)=O)CCC2CCCC2C1. The Kier molecular flexibility index (Phi) is 3.03. The topological polar surface area (TPSA) is 26.3 Å². The zero-order chi connectivity index (χ0) is 10.9. The van der Waals surface area contributed by atoms with Crippen molar-refractivity contribution in [3.8, 4) is 0 Å². The van der Waals surface area contributed by atoms with Crippen LogP contribution in [0.4, 0.5) is 0 Å². The zero-order valence-corrected chi connectivity index (χ0v) is 9.92. The molecule has 0 aromatic heterocycles. The number of ether oxygens (including phenoxy) is 1. The number of carbonyl (C=O) groups excluding carboxylic acids is 1. The molecule has 2 aliphatic rings. The minimum Gasteiger partial charge on any atom is -0.459 e. The monoisotopic (exact) mass is 210 g/mol. The van der Waals surface area contributed by atoms with E-state index in [1.54, 1.807) is 0 Å². The van der Waals surface area contributed by atoms with Gasteiger partial charge in [-0.05, 0) is 37.5 Å². The normalized spacial score (nSPS) is 39.9. The second kappa shape index (κ2) is 4.15. The second-order valence-electron chi connectivity index (χ2n) is 5.32. The second-order valence-corrected chi connectivity index (χ2v) is 5.32. The predicted octanol–water partition coefficient (Wildman–Crippen LogP) is 3.30. The summed E-state index contributed by atoms with van der Waals surface area (Å²) in [5.41, 5.74) is -0.114. The van der Waals surface area contributed by atoms with Gasteiger partial charge in [-0.15, -0.1) is 0 Å². The van der Waals surface area contributed by atoms with Crippen LogP contribution in [-0.2, 0) is 9.53 Å². The summed E-state index contributed by atoms with van der Waals surface area (Å²) in [4.78, 5) is 11.1. The van der Waals surface area contributed by atoms with Gasteiger partial charge in [0.1, 0.15) is 5.60 Å². The van der Waals surface area contributed by atoms with Crippen molar-refractivity contribution in [3.05, 3.63) is 0 Å². The first kappa shape index (κ1) is 11.0. The van der Waals surface area contributed by atoms with Gasteiger partial charge in [0.05, 0.1) is 0 Å². The van der Waals surface area contributed by atoms with Crippen molar-refractivity contribution in [3.63, 3.8) is 0 Å². The number of esters is 1. The van der Waals surface area contributed by atoms with Gasteiger partial charge in [-0.1, -0.05) is 26.2 Å². The molecule has 0 N–H and O–H groups in total. The van der Waals surface area contributed by atoms with E-state index in [0.29, 0.717) is 0 Å². The number of hydrogen-bond donors (Lipinski definition) is 0. The van der Waals surface area contributed by atoms with Crippen molar-refractivity contribution >= 4 is 5.97 Å². The molecule has 2 nitrogen and oxygen atoms in total. The summed E-state index contributed by atoms with van der Waals surface area (Å²) in [5.74, 6) is 1.66. The first-order valence-corrected chi connectivity index (χ1v) is 6.35. The quantitative estimate of drug-likeness (QED) is 0.654. The molecule has 86 valence electrons. The first-order valence-electron chi connectivity index (χ1n) is 6.35. The molecule has 2 aliphatic carbocycles. The largest absolute Gasteiger partial charge is 0.459 e. The molecule has 0 bridgehead atoms. The molecule has 15 heavy (non-hydrogen) atoms. The van der Waals surface area contributed by atoms with Gasteiger partial charge in [0.2, 0.25) is 0 Å². The highest BCUT2D eigenvalue weighted by molar-refractivity contribution is 5.66. The number of hydrogen-bond acceptors (Lipinski definition) is 2. The molecule has 3 atom stereocenters. The lowest BCUT2D eigenvalue weighted by atomic mass is 9.72. The van der Waals surface area contributed by atoms with E-state index in [1.165, 1.54) is 32.6 Å². The van der Waals surface area contributed by atoms with Crippen LogP contribution in [0.15, 0.2) is 0 Å². The summed E-state index contributed by atoms with van der Waals surface area (Å²) >= 11 is 0. The van der Waals surface area contributed by atoms with Crippen LogP contribution >= 0.6 is 0 Å². The Morgan fingerprint density at radius 3 is 2.73 bits per heavy atom. The van der Waals surface area contributed by atoms with E-state index >= 15 is 0 Å². The summed E-state index contributed by atoms with van der Waals surface area (Å²) in [7, 11) is 0. The van der Waals surface area contributed by atoms with Crippen LogP contribution in [0, 0.1) is 11.8 Å². The Morgan fingerprint density at radius 2 is 2.07 bits per heavy atom. The molecule has 0 aromatic rings. The highest BCUT2D eigenvalue weighted by atomic mass is 16.6. The Morgan fingerprint density at radius 1 is 1.33 bits per heavy atom. The van der Waals surface area contributed by atoms with E-state index in [4.69, 9.17) is 4.74 Å². The molecular formula is C13H22O2. The van der Waals surface area contributed by atoms with E-state index in [1.807, 2.05) is 0 Å². The van der Waals surface area contributed by atoms with Gasteiger partial charge in [-0.2, -0.15) is 0 Å². The van der Waals surface area contributed by atoms with Gasteiger partial charge in [0.15, 0.2) is 0 Å². The van der Waals surface area contributed by atoms with Crippen LogP contribution in [0.2, 0.25) is 0 Å². The molecule has 2 fully saturated rings. The van der Waals surface area contributed by atoms with Gasteiger partial charge in [-0.25, -0.2) is 0 Å². The van der Waals surface area contributed by atoms with E-state index in [0.717, 1.165) is 31.1 Å². The maximum absolute atomic E-state index is 11.1. The molecule has 3 unspecified atom stereocenters. The summed E-state index contributed by atoms with van der Waals surface area (Å²) < 4.78 is 5.60.